The van der Waals surface area contributed by atoms with Crippen LogP contribution in [0, 0.1) is 5.82 Å². The predicted octanol–water partition coefficient (Wildman–Crippen LogP) is 2.73. The second-order valence-corrected chi connectivity index (χ2v) is 8.16. The Morgan fingerprint density at radius 1 is 1.21 bits per heavy atom. The quantitative estimate of drug-likeness (QED) is 0.710. The van der Waals surface area contributed by atoms with Gasteiger partial charge in [0.1, 0.15) is 5.82 Å². The summed E-state index contributed by atoms with van der Waals surface area (Å²) >= 11 is 1.54. The van der Waals surface area contributed by atoms with Crippen LogP contribution in [0.1, 0.15) is 11.8 Å². The first-order valence-electron chi connectivity index (χ1n) is 7.16. The number of halogens is 1. The zero-order valence-electron chi connectivity index (χ0n) is 12.3. The smallest absolute Gasteiger partial charge is 0.243 e. The van der Waals surface area contributed by atoms with E-state index in [0.29, 0.717) is 11.7 Å². The third kappa shape index (κ3) is 2.64. The Labute approximate surface area is 141 Å². The van der Waals surface area contributed by atoms with Crippen LogP contribution in [0.5, 0.6) is 0 Å². The minimum Gasteiger partial charge on any atom is -0.339 e. The highest BCUT2D eigenvalue weighted by Gasteiger charge is 2.40. The fraction of sp³-hybridized carbons (Fsp3) is 0.200. The molecule has 0 amide bonds. The van der Waals surface area contributed by atoms with Gasteiger partial charge in [-0.2, -0.15) is 20.6 Å². The van der Waals surface area contributed by atoms with Crippen LogP contribution in [0.3, 0.4) is 0 Å². The van der Waals surface area contributed by atoms with Crippen molar-refractivity contribution in [2.24, 2.45) is 0 Å². The van der Waals surface area contributed by atoms with Crippen LogP contribution in [0.2, 0.25) is 0 Å². The van der Waals surface area contributed by atoms with Crippen LogP contribution >= 0.6 is 11.3 Å². The Balaban J connectivity index is 1.47. The zero-order chi connectivity index (χ0) is 16.7. The van der Waals surface area contributed by atoms with Gasteiger partial charge in [-0.05, 0) is 35.7 Å². The lowest BCUT2D eigenvalue weighted by molar-refractivity contribution is 0.217. The molecule has 2 aromatic heterocycles. The van der Waals surface area contributed by atoms with Gasteiger partial charge in [0.15, 0.2) is 0 Å². The Morgan fingerprint density at radius 3 is 2.62 bits per heavy atom. The van der Waals surface area contributed by atoms with Crippen LogP contribution in [0.25, 0.3) is 11.4 Å². The van der Waals surface area contributed by atoms with E-state index in [1.807, 2.05) is 16.8 Å². The summed E-state index contributed by atoms with van der Waals surface area (Å²) in [5.74, 6) is 0.343. The summed E-state index contributed by atoms with van der Waals surface area (Å²) in [5, 5.41) is 7.77. The van der Waals surface area contributed by atoms with E-state index in [9.17, 15) is 12.8 Å². The van der Waals surface area contributed by atoms with Crippen molar-refractivity contribution in [2.45, 2.75) is 10.8 Å². The van der Waals surface area contributed by atoms with Gasteiger partial charge >= 0.3 is 0 Å². The van der Waals surface area contributed by atoms with Crippen molar-refractivity contribution < 1.29 is 17.3 Å². The van der Waals surface area contributed by atoms with Crippen molar-refractivity contribution in [3.63, 3.8) is 0 Å². The van der Waals surface area contributed by atoms with Crippen molar-refractivity contribution in [3.05, 3.63) is 52.8 Å². The van der Waals surface area contributed by atoms with E-state index in [2.05, 4.69) is 10.1 Å². The number of sulfonamides is 1. The highest BCUT2D eigenvalue weighted by atomic mass is 32.2. The first kappa shape index (κ1) is 15.4. The Bertz CT molecular complexity index is 946. The molecule has 0 bridgehead atoms. The Morgan fingerprint density at radius 2 is 1.96 bits per heavy atom. The van der Waals surface area contributed by atoms with Crippen molar-refractivity contribution >= 4 is 21.4 Å². The van der Waals surface area contributed by atoms with E-state index in [0.717, 1.165) is 17.7 Å². The molecule has 1 aromatic carbocycles. The van der Waals surface area contributed by atoms with Gasteiger partial charge < -0.3 is 4.52 Å². The second-order valence-electron chi connectivity index (χ2n) is 5.44. The molecule has 0 N–H and O–H groups in total. The van der Waals surface area contributed by atoms with Gasteiger partial charge in [-0.25, -0.2) is 12.8 Å². The topological polar surface area (TPSA) is 76.3 Å². The monoisotopic (exact) mass is 365 g/mol. The molecule has 1 aliphatic heterocycles. The molecular weight excluding hydrogens is 353 g/mol. The standard InChI is InChI=1S/C15H12FN3O3S2/c16-12-1-3-13(4-2-12)24(20,21)19-7-11(8-19)15-17-14(18-22-15)10-5-6-23-9-10/h1-6,9,11H,7-8H2. The van der Waals surface area contributed by atoms with Gasteiger partial charge in [-0.3, -0.25) is 0 Å². The highest BCUT2D eigenvalue weighted by molar-refractivity contribution is 7.89. The van der Waals surface area contributed by atoms with Gasteiger partial charge in [0.05, 0.1) is 10.8 Å². The van der Waals surface area contributed by atoms with Gasteiger partial charge in [0, 0.05) is 24.0 Å². The number of aromatic nitrogens is 2. The normalized spacial score (nSPS) is 16.2. The van der Waals surface area contributed by atoms with Crippen molar-refractivity contribution in [2.75, 3.05) is 13.1 Å². The summed E-state index contributed by atoms with van der Waals surface area (Å²) in [6.45, 7) is 0.538. The number of benzene rings is 1. The average molecular weight is 365 g/mol. The molecule has 0 radical (unpaired) electrons. The number of hydrogen-bond acceptors (Lipinski definition) is 6. The molecule has 1 fully saturated rings. The van der Waals surface area contributed by atoms with E-state index in [1.54, 1.807) is 0 Å². The summed E-state index contributed by atoms with van der Waals surface area (Å²) < 4.78 is 44.4. The van der Waals surface area contributed by atoms with Gasteiger partial charge in [0.2, 0.25) is 21.7 Å². The van der Waals surface area contributed by atoms with Crippen molar-refractivity contribution in [1.82, 2.24) is 14.4 Å². The average Bonchev–Trinajstić information content (AvgIpc) is 3.16. The molecule has 0 spiro atoms. The maximum absolute atomic E-state index is 12.9. The number of nitrogens with zero attached hydrogens (tertiary/aromatic N) is 3. The Kier molecular flexibility index (Phi) is 3.70. The zero-order valence-corrected chi connectivity index (χ0v) is 13.9. The van der Waals surface area contributed by atoms with E-state index in [-0.39, 0.29) is 23.9 Å². The fourth-order valence-electron chi connectivity index (χ4n) is 2.46. The molecule has 0 saturated carbocycles. The SMILES string of the molecule is O=S(=O)(c1ccc(F)cc1)N1CC(c2nc(-c3ccsc3)no2)C1. The summed E-state index contributed by atoms with van der Waals surface area (Å²) in [6, 6.07) is 6.69. The van der Waals surface area contributed by atoms with Crippen molar-refractivity contribution in [1.29, 1.82) is 0 Å². The minimum atomic E-state index is -3.62. The molecule has 0 unspecified atom stereocenters. The summed E-state index contributed by atoms with van der Waals surface area (Å²) in [7, 11) is -3.62. The van der Waals surface area contributed by atoms with Crippen LogP contribution < -0.4 is 0 Å². The first-order valence-corrected chi connectivity index (χ1v) is 9.54. The van der Waals surface area contributed by atoms with Gasteiger partial charge in [-0.15, -0.1) is 0 Å². The molecular formula is C15H12FN3O3S2. The molecule has 24 heavy (non-hydrogen) atoms. The lowest BCUT2D eigenvalue weighted by Crippen LogP contribution is -2.48. The number of thiophene rings is 1. The van der Waals surface area contributed by atoms with Crippen LogP contribution in [-0.2, 0) is 10.0 Å². The largest absolute Gasteiger partial charge is 0.339 e. The lowest BCUT2D eigenvalue weighted by atomic mass is 10.0. The molecule has 1 saturated heterocycles. The summed E-state index contributed by atoms with van der Waals surface area (Å²) in [6.07, 6.45) is 0. The van der Waals surface area contributed by atoms with Gasteiger partial charge in [-0.1, -0.05) is 5.16 Å². The molecule has 3 heterocycles. The molecule has 9 heteroatoms. The lowest BCUT2D eigenvalue weighted by Gasteiger charge is -2.35. The van der Waals surface area contributed by atoms with E-state index >= 15 is 0 Å². The third-order valence-electron chi connectivity index (χ3n) is 3.87. The second kappa shape index (κ2) is 5.76. The highest BCUT2D eigenvalue weighted by Crippen LogP contribution is 2.32. The first-order chi connectivity index (χ1) is 11.5. The molecule has 4 rings (SSSR count). The van der Waals surface area contributed by atoms with Crippen LogP contribution in [0.4, 0.5) is 4.39 Å². The van der Waals surface area contributed by atoms with E-state index in [1.165, 1.54) is 27.8 Å². The van der Waals surface area contributed by atoms with Crippen LogP contribution in [0.15, 0.2) is 50.5 Å². The maximum Gasteiger partial charge on any atom is 0.243 e. The number of rotatable bonds is 4. The summed E-state index contributed by atoms with van der Waals surface area (Å²) in [4.78, 5) is 4.41. The minimum absolute atomic E-state index is 0.0758. The summed E-state index contributed by atoms with van der Waals surface area (Å²) in [5.41, 5.74) is 0.880. The molecule has 0 aliphatic carbocycles. The van der Waals surface area contributed by atoms with Gasteiger partial charge in [0.25, 0.3) is 0 Å². The van der Waals surface area contributed by atoms with E-state index in [4.69, 9.17) is 4.52 Å². The molecule has 6 nitrogen and oxygen atoms in total. The third-order valence-corrected chi connectivity index (χ3v) is 6.40. The molecule has 0 atom stereocenters. The Hall–Kier alpha value is -2.10. The fourth-order valence-corrected chi connectivity index (χ4v) is 4.62. The maximum atomic E-state index is 12.9. The number of hydrogen-bond donors (Lipinski definition) is 0. The predicted molar refractivity (Wildman–Crippen MR) is 85.5 cm³/mol. The molecule has 1 aliphatic rings. The molecule has 3 aromatic rings. The van der Waals surface area contributed by atoms with Crippen LogP contribution in [-0.4, -0.2) is 36.0 Å². The molecule has 124 valence electrons. The van der Waals surface area contributed by atoms with E-state index < -0.39 is 15.8 Å². The van der Waals surface area contributed by atoms with Crippen molar-refractivity contribution in [3.8, 4) is 11.4 Å².